The van der Waals surface area contributed by atoms with E-state index < -0.39 is 15.8 Å². The van der Waals surface area contributed by atoms with Gasteiger partial charge in [-0.3, -0.25) is 0 Å². The Hall–Kier alpha value is -1.27. The Morgan fingerprint density at radius 2 is 2.12 bits per heavy atom. The van der Waals surface area contributed by atoms with Crippen LogP contribution in [0.3, 0.4) is 0 Å². The average molecular weight is 278 g/mol. The van der Waals surface area contributed by atoms with Crippen molar-refractivity contribution < 1.29 is 18.3 Å². The van der Waals surface area contributed by atoms with Crippen molar-refractivity contribution in [3.8, 4) is 0 Å². The Morgan fingerprint density at radius 1 is 1.47 bits per heavy atom. The summed E-state index contributed by atoms with van der Waals surface area (Å²) in [5.41, 5.74) is 0.372. The van der Waals surface area contributed by atoms with Crippen LogP contribution in [0.1, 0.15) is 10.4 Å². The first-order valence-corrected chi connectivity index (χ1v) is 7.18. The lowest BCUT2D eigenvalue weighted by atomic mass is 10.2. The minimum Gasteiger partial charge on any atom is -0.478 e. The molecule has 17 heavy (non-hydrogen) atoms. The van der Waals surface area contributed by atoms with Gasteiger partial charge in [-0.1, -0.05) is 11.6 Å². The molecule has 0 radical (unpaired) electrons. The third kappa shape index (κ3) is 4.62. The normalized spacial score (nSPS) is 11.2. The van der Waals surface area contributed by atoms with Crippen LogP contribution >= 0.6 is 11.6 Å². The fourth-order valence-corrected chi connectivity index (χ4v) is 1.87. The first-order chi connectivity index (χ1) is 7.79. The van der Waals surface area contributed by atoms with Crippen LogP contribution in [0.15, 0.2) is 18.2 Å². The second-order valence-corrected chi connectivity index (χ2v) is 6.25. The number of aromatic carboxylic acids is 1. The van der Waals surface area contributed by atoms with E-state index in [0.717, 1.165) is 6.26 Å². The van der Waals surface area contributed by atoms with E-state index in [1.54, 1.807) is 0 Å². The third-order valence-electron chi connectivity index (χ3n) is 2.00. The SMILES string of the molecule is CS(=O)(=O)CCNc1cc(Cl)ccc1C(=O)O. The van der Waals surface area contributed by atoms with Crippen molar-refractivity contribution in [1.29, 1.82) is 0 Å². The van der Waals surface area contributed by atoms with Gasteiger partial charge in [0, 0.05) is 17.8 Å². The number of carboxylic acids is 1. The maximum absolute atomic E-state index is 10.9. The zero-order valence-electron chi connectivity index (χ0n) is 9.10. The molecule has 0 aliphatic heterocycles. The van der Waals surface area contributed by atoms with Crippen LogP contribution in [-0.2, 0) is 9.84 Å². The topological polar surface area (TPSA) is 83.5 Å². The molecular formula is C10H12ClNO4S. The maximum Gasteiger partial charge on any atom is 0.337 e. The van der Waals surface area contributed by atoms with Gasteiger partial charge in [-0.15, -0.1) is 0 Å². The van der Waals surface area contributed by atoms with Crippen LogP contribution in [0.5, 0.6) is 0 Å². The van der Waals surface area contributed by atoms with Gasteiger partial charge in [-0.05, 0) is 18.2 Å². The molecule has 0 saturated carbocycles. The average Bonchev–Trinajstić information content (AvgIpc) is 2.15. The van der Waals surface area contributed by atoms with Gasteiger partial charge in [0.2, 0.25) is 0 Å². The molecule has 0 aliphatic carbocycles. The second-order valence-electron chi connectivity index (χ2n) is 3.55. The van der Waals surface area contributed by atoms with Crippen LogP contribution in [0, 0.1) is 0 Å². The summed E-state index contributed by atoms with van der Waals surface area (Å²) < 4.78 is 21.8. The number of halogens is 1. The highest BCUT2D eigenvalue weighted by Crippen LogP contribution is 2.20. The summed E-state index contributed by atoms with van der Waals surface area (Å²) in [6.45, 7) is 0.138. The van der Waals surface area contributed by atoms with Crippen molar-refractivity contribution in [3.63, 3.8) is 0 Å². The molecular weight excluding hydrogens is 266 g/mol. The van der Waals surface area contributed by atoms with Crippen molar-refractivity contribution in [2.75, 3.05) is 23.9 Å². The zero-order chi connectivity index (χ0) is 13.1. The monoisotopic (exact) mass is 277 g/mol. The molecule has 0 saturated heterocycles. The number of hydrogen-bond donors (Lipinski definition) is 2. The Morgan fingerprint density at radius 3 is 2.65 bits per heavy atom. The van der Waals surface area contributed by atoms with Crippen LogP contribution < -0.4 is 5.32 Å². The van der Waals surface area contributed by atoms with Crippen molar-refractivity contribution in [2.24, 2.45) is 0 Å². The van der Waals surface area contributed by atoms with E-state index in [1.807, 2.05) is 0 Å². The molecule has 0 bridgehead atoms. The molecule has 0 amide bonds. The Balaban J connectivity index is 2.82. The number of carboxylic acid groups (broad SMARTS) is 1. The maximum atomic E-state index is 10.9. The fourth-order valence-electron chi connectivity index (χ4n) is 1.22. The van der Waals surface area contributed by atoms with Crippen LogP contribution in [0.25, 0.3) is 0 Å². The van der Waals surface area contributed by atoms with Crippen molar-refractivity contribution in [2.45, 2.75) is 0 Å². The molecule has 0 atom stereocenters. The molecule has 0 unspecified atom stereocenters. The highest BCUT2D eigenvalue weighted by atomic mass is 35.5. The highest BCUT2D eigenvalue weighted by Gasteiger charge is 2.10. The summed E-state index contributed by atoms with van der Waals surface area (Å²) in [4.78, 5) is 10.9. The number of nitrogens with one attached hydrogen (secondary N) is 1. The van der Waals surface area contributed by atoms with E-state index in [9.17, 15) is 13.2 Å². The molecule has 1 aromatic rings. The third-order valence-corrected chi connectivity index (χ3v) is 3.18. The molecule has 0 spiro atoms. The molecule has 2 N–H and O–H groups in total. The minimum absolute atomic E-state index is 0.0582. The molecule has 0 heterocycles. The van der Waals surface area contributed by atoms with Gasteiger partial charge >= 0.3 is 5.97 Å². The molecule has 0 aromatic heterocycles. The van der Waals surface area contributed by atoms with Gasteiger partial charge < -0.3 is 10.4 Å². The zero-order valence-corrected chi connectivity index (χ0v) is 10.7. The first-order valence-electron chi connectivity index (χ1n) is 4.74. The first kappa shape index (κ1) is 13.8. The molecule has 0 fully saturated rings. The number of benzene rings is 1. The van der Waals surface area contributed by atoms with Gasteiger partial charge in [-0.2, -0.15) is 0 Å². The van der Waals surface area contributed by atoms with E-state index in [0.29, 0.717) is 10.7 Å². The summed E-state index contributed by atoms with van der Waals surface area (Å²) in [6, 6.07) is 4.29. The van der Waals surface area contributed by atoms with E-state index in [4.69, 9.17) is 16.7 Å². The molecule has 1 rings (SSSR count). The predicted molar refractivity (Wildman–Crippen MR) is 66.6 cm³/mol. The molecule has 5 nitrogen and oxygen atoms in total. The standard InChI is InChI=1S/C10H12ClNO4S/c1-17(15,16)5-4-12-9-6-7(11)2-3-8(9)10(13)14/h2-3,6,12H,4-5H2,1H3,(H,13,14). The van der Waals surface area contributed by atoms with E-state index >= 15 is 0 Å². The Bertz CT molecular complexity index is 527. The summed E-state index contributed by atoms with van der Waals surface area (Å²) >= 11 is 5.74. The summed E-state index contributed by atoms with van der Waals surface area (Å²) in [6.07, 6.45) is 1.12. The van der Waals surface area contributed by atoms with Crippen molar-refractivity contribution in [1.82, 2.24) is 0 Å². The van der Waals surface area contributed by atoms with Gasteiger partial charge in [0.15, 0.2) is 0 Å². The second kappa shape index (κ2) is 5.37. The molecule has 7 heteroatoms. The van der Waals surface area contributed by atoms with Crippen molar-refractivity contribution in [3.05, 3.63) is 28.8 Å². The van der Waals surface area contributed by atoms with Crippen LogP contribution in [0.4, 0.5) is 5.69 Å². The van der Waals surface area contributed by atoms with E-state index in [-0.39, 0.29) is 17.9 Å². The Kier molecular flexibility index (Phi) is 4.36. The highest BCUT2D eigenvalue weighted by molar-refractivity contribution is 7.90. The van der Waals surface area contributed by atoms with E-state index in [2.05, 4.69) is 5.32 Å². The summed E-state index contributed by atoms with van der Waals surface area (Å²) in [7, 11) is -3.08. The molecule has 1 aromatic carbocycles. The van der Waals surface area contributed by atoms with Gasteiger partial charge in [-0.25, -0.2) is 13.2 Å². The molecule has 94 valence electrons. The predicted octanol–water partition coefficient (Wildman–Crippen LogP) is 1.49. The van der Waals surface area contributed by atoms with Crippen molar-refractivity contribution >= 4 is 33.1 Å². The summed E-state index contributed by atoms with van der Waals surface area (Å²) in [5, 5.41) is 12.0. The quantitative estimate of drug-likeness (QED) is 0.852. The van der Waals surface area contributed by atoms with E-state index in [1.165, 1.54) is 18.2 Å². The Labute approximate surface area is 104 Å². The number of rotatable bonds is 5. The van der Waals surface area contributed by atoms with Crippen LogP contribution in [-0.4, -0.2) is 38.0 Å². The number of carbonyl (C=O) groups is 1. The molecule has 0 aliphatic rings. The number of anilines is 1. The van der Waals surface area contributed by atoms with Gasteiger partial charge in [0.05, 0.1) is 17.0 Å². The fraction of sp³-hybridized carbons (Fsp3) is 0.300. The van der Waals surface area contributed by atoms with Gasteiger partial charge in [0.1, 0.15) is 9.84 Å². The number of hydrogen-bond acceptors (Lipinski definition) is 4. The van der Waals surface area contributed by atoms with Gasteiger partial charge in [0.25, 0.3) is 0 Å². The summed E-state index contributed by atoms with van der Waals surface area (Å²) in [5.74, 6) is -1.16. The lowest BCUT2D eigenvalue weighted by Crippen LogP contribution is -2.15. The smallest absolute Gasteiger partial charge is 0.337 e. The number of sulfone groups is 1. The lowest BCUT2D eigenvalue weighted by molar-refractivity contribution is 0.0698. The minimum atomic E-state index is -3.08. The van der Waals surface area contributed by atoms with Crippen LogP contribution in [0.2, 0.25) is 5.02 Å². The lowest BCUT2D eigenvalue weighted by Gasteiger charge is -2.09. The largest absolute Gasteiger partial charge is 0.478 e.